The monoisotopic (exact) mass is 1250 g/mol. The number of primary amides is 2. The number of unbranched alkanes of at least 4 members (excludes halogenated alkanes) is 3. The van der Waals surface area contributed by atoms with Gasteiger partial charge in [-0.15, -0.1) is 0 Å². The average Bonchev–Trinajstić information content (AvgIpc) is 0.892. The van der Waals surface area contributed by atoms with Crippen molar-refractivity contribution in [2.24, 2.45) is 33.6 Å². The summed E-state index contributed by atoms with van der Waals surface area (Å²) in [4.78, 5) is 111. The number of oxime groups is 2. The Labute approximate surface area is 543 Å². The van der Waals surface area contributed by atoms with Crippen LogP contribution in [0.3, 0.4) is 0 Å². The Balaban J connectivity index is -0.000000147. The van der Waals surface area contributed by atoms with Crippen molar-refractivity contribution in [1.29, 1.82) is 0 Å². The van der Waals surface area contributed by atoms with Crippen LogP contribution in [0.2, 0.25) is 0 Å². The fourth-order valence-corrected chi connectivity index (χ4v) is 7.36. The van der Waals surface area contributed by atoms with Crippen LogP contribution in [0, 0.1) is 11.8 Å². The summed E-state index contributed by atoms with van der Waals surface area (Å²) in [6, 6.07) is -1.33. The van der Waals surface area contributed by atoms with E-state index in [0.29, 0.717) is 76.0 Å². The zero-order chi connectivity index (χ0) is 94.5. The Hall–Kier alpha value is -6.07. The summed E-state index contributed by atoms with van der Waals surface area (Å²) in [7, 11) is 0. The third-order valence-electron chi connectivity index (χ3n) is 13.6. The van der Waals surface area contributed by atoms with Crippen LogP contribution in [0.25, 0.3) is 0 Å². The van der Waals surface area contributed by atoms with Gasteiger partial charge in [-0.05, 0) is 99.3 Å². The maximum Gasteiger partial charge on any atom is 0.246 e. The molecule has 0 saturated carbocycles. The first kappa shape index (κ1) is 52.5. The van der Waals surface area contributed by atoms with E-state index in [4.69, 9.17) is 77.9 Å². The summed E-state index contributed by atoms with van der Waals surface area (Å²) in [5.41, 5.74) is 10.1. The first-order chi connectivity index (χ1) is 55.3. The normalized spacial score (nSPS) is 15.0. The molecule has 0 saturated heterocycles. The number of nitrogens with one attached hydrogen (secondary N) is 9. The number of nitrogens with zero attached hydrogens (tertiary/aromatic N) is 2. The fraction of sp³-hybridized carbons (Fsp3) is 0.800. The van der Waals surface area contributed by atoms with Crippen LogP contribution in [-0.2, 0) is 62.1 Å². The molecule has 0 aromatic carbocycles. The summed E-state index contributed by atoms with van der Waals surface area (Å²) in [5, 5.41) is 51.5. The van der Waals surface area contributed by atoms with E-state index >= 15 is 0 Å². The second-order valence-electron chi connectivity index (χ2n) is 21.6. The maximum atomic E-state index is 13.3. The molecule has 28 heteroatoms. The lowest BCUT2D eigenvalue weighted by Gasteiger charge is -2.32. The van der Waals surface area contributed by atoms with Crippen LogP contribution >= 0.6 is 0 Å². The summed E-state index contributed by atoms with van der Waals surface area (Å²) in [6.07, 6.45) is 6.09. The van der Waals surface area contributed by atoms with Crippen molar-refractivity contribution in [1.82, 2.24) is 47.9 Å². The molecule has 15 N–H and O–H groups in total. The van der Waals surface area contributed by atoms with Gasteiger partial charge >= 0.3 is 0 Å². The number of ether oxygens (including phenoxy) is 4. The van der Waals surface area contributed by atoms with Gasteiger partial charge in [-0.1, -0.05) is 37.0 Å². The predicted octanol–water partition coefficient (Wildman–Crippen LogP) is 4.56. The molecule has 0 rings (SSSR count). The largest absolute Gasteiger partial charge is 0.411 e. The van der Waals surface area contributed by atoms with E-state index in [0.717, 1.165) is 12.8 Å². The molecule has 0 aliphatic carbocycles. The molecule has 0 aromatic heterocycles. The van der Waals surface area contributed by atoms with Crippen LogP contribution in [0.4, 0.5) is 0 Å². The first-order valence-electron chi connectivity index (χ1n) is 45.1. The highest BCUT2D eigenvalue weighted by Crippen LogP contribution is 2.11. The molecule has 0 radical (unpaired) electrons. The summed E-state index contributed by atoms with van der Waals surface area (Å²) in [5.74, 6) is -3.34. The van der Waals surface area contributed by atoms with Crippen molar-refractivity contribution in [3.63, 3.8) is 0 Å². The minimum atomic E-state index is -0.876. The SMILES string of the molecule is C/C(=N\O)C(C)(C)NCC(CNC(C)(C)/C(C)=N/O)NC(=O)CCCC(=O)N[C@@H](CCCCNC(=O)CCCC(=O)NCCOCCOCC(=O)NCCOCCOCC(=O)NCCCC[C@H](C)C(N)=O)C(=O)NCCCC[C@H](C)C(N)=O.[2H][2H].[2H][2H].[2H][2H].[2H][2H].[2H][2H].[2H][2H].[2H][2H].[2H][2H].[2H][2H].[2H][2H].[2H][2H].[2H][2H].[2H][2H].[2H][2H].[2H][2H].[2H][2H].[HH].[HH]. The molecule has 0 heterocycles. The highest BCUT2D eigenvalue weighted by molar-refractivity contribution is 5.91. The predicted molar refractivity (Wildman–Crippen MR) is 350 cm³/mol. The summed E-state index contributed by atoms with van der Waals surface area (Å²) in [6.45, 7) is 17.5. The lowest BCUT2D eigenvalue weighted by atomic mass is 9.98. The van der Waals surface area contributed by atoms with E-state index in [1.165, 1.54) is 0 Å². The van der Waals surface area contributed by atoms with Crippen molar-refractivity contribution >= 4 is 64.6 Å². The minimum absolute atomic E-state index is 0. The van der Waals surface area contributed by atoms with E-state index in [-0.39, 0.29) is 174 Å². The number of amides is 9. The second kappa shape index (κ2) is 46.3. The molecular weight excluding hydrogens is 1080 g/mol. The van der Waals surface area contributed by atoms with E-state index in [9.17, 15) is 53.6 Å². The van der Waals surface area contributed by atoms with Gasteiger partial charge in [0.05, 0.1) is 68.2 Å². The fourth-order valence-electron chi connectivity index (χ4n) is 7.36. The second-order valence-corrected chi connectivity index (χ2v) is 21.6. The van der Waals surface area contributed by atoms with Gasteiger partial charge in [0.15, 0.2) is 0 Å². The van der Waals surface area contributed by atoms with Crippen LogP contribution in [0.15, 0.2) is 10.3 Å². The molecule has 0 aliphatic heterocycles. The van der Waals surface area contributed by atoms with Crippen LogP contribution in [-0.4, -0.2) is 197 Å². The van der Waals surface area contributed by atoms with Gasteiger partial charge in [-0.25, -0.2) is 0 Å². The number of nitrogens with two attached hydrogens (primary N) is 2. The van der Waals surface area contributed by atoms with Gasteiger partial charge in [0.25, 0.3) is 0 Å². The van der Waals surface area contributed by atoms with E-state index in [1.54, 1.807) is 27.7 Å². The van der Waals surface area contributed by atoms with E-state index in [2.05, 4.69) is 58.2 Å². The molecule has 0 bridgehead atoms. The van der Waals surface area contributed by atoms with Crippen LogP contribution in [0.5, 0.6) is 0 Å². The van der Waals surface area contributed by atoms with Gasteiger partial charge < -0.3 is 88.7 Å². The molecule has 0 spiro atoms. The number of hydrogen-bond acceptors (Lipinski definition) is 19. The molecule has 9 amide bonds. The van der Waals surface area contributed by atoms with Gasteiger partial charge in [-0.3, -0.25) is 43.2 Å². The average molecular weight is 1250 g/mol. The Morgan fingerprint density at radius 2 is 0.843 bits per heavy atom. The summed E-state index contributed by atoms with van der Waals surface area (Å²) >= 11 is 0. The van der Waals surface area contributed by atoms with E-state index in [1.807, 2.05) is 27.7 Å². The summed E-state index contributed by atoms with van der Waals surface area (Å²) < 4.78 is 181. The zero-order valence-electron chi connectivity index (χ0n) is 82.8. The minimum Gasteiger partial charge on any atom is -0.411 e. The van der Waals surface area contributed by atoms with Gasteiger partial charge in [0.1, 0.15) is 19.3 Å². The van der Waals surface area contributed by atoms with Crippen molar-refractivity contribution in [3.8, 4) is 0 Å². The van der Waals surface area contributed by atoms with Crippen LogP contribution < -0.4 is 59.3 Å². The third kappa shape index (κ3) is 41.6. The maximum absolute atomic E-state index is 13.3. The van der Waals surface area contributed by atoms with Gasteiger partial charge in [0, 0.05) is 134 Å². The lowest BCUT2D eigenvalue weighted by molar-refractivity contribution is -0.129. The molecular formula is C55H139N13O15. The van der Waals surface area contributed by atoms with Crippen LogP contribution in [0.1, 0.15) is 202 Å². The Morgan fingerprint density at radius 1 is 0.482 bits per heavy atom. The van der Waals surface area contributed by atoms with Gasteiger partial charge in [-0.2, -0.15) is 0 Å². The number of hydrogen-bond donors (Lipinski definition) is 13. The van der Waals surface area contributed by atoms with E-state index < -0.39 is 35.0 Å². The lowest BCUT2D eigenvalue weighted by Crippen LogP contribution is -2.57. The Morgan fingerprint density at radius 3 is 1.28 bits per heavy atom. The van der Waals surface area contributed by atoms with Crippen molar-refractivity contribution in [2.45, 2.75) is 175 Å². The zero-order valence-corrected chi connectivity index (χ0v) is 50.8. The van der Waals surface area contributed by atoms with Crippen molar-refractivity contribution < 1.29 is 123 Å². The molecule has 0 aliphatic rings. The smallest absolute Gasteiger partial charge is 0.246 e. The molecule has 83 heavy (non-hydrogen) atoms. The Bertz CT molecular complexity index is 2060. The van der Waals surface area contributed by atoms with Crippen molar-refractivity contribution in [2.75, 3.05) is 98.7 Å². The quantitative estimate of drug-likeness (QED) is 0.0172. The molecule has 3 atom stereocenters. The number of rotatable bonds is 52. The Kier molecular flexibility index (Phi) is 29.3. The third-order valence-corrected chi connectivity index (χ3v) is 13.6. The molecule has 0 fully saturated rings. The highest BCUT2D eigenvalue weighted by atomic mass is 16.5. The van der Waals surface area contributed by atoms with Gasteiger partial charge in [0.2, 0.25) is 53.2 Å². The molecule has 0 aromatic rings. The standard InChI is InChI=1S/C55H103N13O15.18H2/c1-39(51(56)75)17-9-12-25-59-49(73)37-82-33-32-81-30-28-61-50(74)38-83-34-31-80-29-27-60-46(70)21-15-20-45(69)58-24-14-11-19-44(53(77)62-26-13-10-18-40(2)52(57)76)66-48(72)23-16-22-47(71)65-43(35-63-54(5,6)41(3)67-78)36-64-55(7,8)42(4)68-79;;;;;;;;;;;;;;;;;;/h39-40,43-44,63-64,78-79H,9-38H2,1-8H3,(H2,56,75)(H2,57,76)(H,58,69)(H,59,73)(H,60,70)(H,61,74)(H,62,77)(H,65,71)(H,66,72);18*1H/b67-41+,68-42+;;;;;;;;;;;;;;;;;;/t39-,40-,44-;;;;;;;;;;;;;;;;;;/m0................../s1/i;16*1+1D;;. The topological polar surface area (TPSA) is 416 Å². The molecule has 514 valence electrons. The number of carbonyl (C=O) groups is 9. The first-order valence-corrected chi connectivity index (χ1v) is 29.1. The molecule has 0 unspecified atom stereocenters. The highest BCUT2D eigenvalue weighted by Gasteiger charge is 2.27. The molecule has 28 nitrogen and oxygen atoms in total. The number of carbonyl (C=O) groups excluding carboxylic acids is 9. The van der Waals surface area contributed by atoms with Crippen molar-refractivity contribution in [3.05, 3.63) is 0 Å².